The lowest BCUT2D eigenvalue weighted by atomic mass is 10.2. The lowest BCUT2D eigenvalue weighted by molar-refractivity contribution is 0.119. The van der Waals surface area contributed by atoms with Gasteiger partial charge in [-0.25, -0.2) is 4.79 Å². The van der Waals surface area contributed by atoms with Gasteiger partial charge in [-0.2, -0.15) is 0 Å². The average Bonchev–Trinajstić information content (AvgIpc) is 3.07. The van der Waals surface area contributed by atoms with Crippen LogP contribution in [-0.4, -0.2) is 61.3 Å². The molecule has 1 unspecified atom stereocenters. The summed E-state index contributed by atoms with van der Waals surface area (Å²) in [5, 5.41) is 0. The number of cyclic esters (lactones) is 1. The molecule has 2 saturated heterocycles. The van der Waals surface area contributed by atoms with E-state index in [-0.39, 0.29) is 12.2 Å². The van der Waals surface area contributed by atoms with Gasteiger partial charge in [0.05, 0.1) is 6.54 Å². The first-order valence-corrected chi connectivity index (χ1v) is 9.80. The van der Waals surface area contributed by atoms with Crippen molar-refractivity contribution in [2.75, 3.05) is 44.2 Å². The zero-order chi connectivity index (χ0) is 18.5. The van der Waals surface area contributed by atoms with Crippen molar-refractivity contribution in [3.63, 3.8) is 0 Å². The van der Waals surface area contributed by atoms with Crippen molar-refractivity contribution in [1.82, 2.24) is 9.80 Å². The van der Waals surface area contributed by atoms with Gasteiger partial charge in [-0.1, -0.05) is 48.5 Å². The summed E-state index contributed by atoms with van der Waals surface area (Å²) in [5.41, 5.74) is 2.45. The molecule has 0 bridgehead atoms. The standard InChI is InChI=1S/C22H27N3O2/c26-22-25(17-19-7-3-1-4-8-19)18-21(27-22)11-12-23-13-15-24(16-14-23)20-9-5-2-6-10-20/h1-10,21H,11-18H2. The summed E-state index contributed by atoms with van der Waals surface area (Å²) in [6.07, 6.45) is 0.730. The fraction of sp³-hybridized carbons (Fsp3) is 0.409. The van der Waals surface area contributed by atoms with Crippen LogP contribution in [0.25, 0.3) is 0 Å². The summed E-state index contributed by atoms with van der Waals surface area (Å²) in [7, 11) is 0. The molecule has 27 heavy (non-hydrogen) atoms. The van der Waals surface area contributed by atoms with Crippen molar-refractivity contribution in [1.29, 1.82) is 0 Å². The van der Waals surface area contributed by atoms with Gasteiger partial charge < -0.3 is 14.5 Å². The number of amides is 1. The number of benzene rings is 2. The molecule has 5 heteroatoms. The van der Waals surface area contributed by atoms with Gasteiger partial charge in [0.15, 0.2) is 0 Å². The van der Waals surface area contributed by atoms with E-state index in [4.69, 9.17) is 4.74 Å². The van der Waals surface area contributed by atoms with E-state index in [1.165, 1.54) is 5.69 Å². The number of carbonyl (C=O) groups is 1. The molecule has 0 N–H and O–H groups in total. The largest absolute Gasteiger partial charge is 0.444 e. The van der Waals surface area contributed by atoms with E-state index in [0.29, 0.717) is 13.1 Å². The second-order valence-corrected chi connectivity index (χ2v) is 7.32. The second-order valence-electron chi connectivity index (χ2n) is 7.32. The van der Waals surface area contributed by atoms with Gasteiger partial charge in [-0.05, 0) is 24.1 Å². The topological polar surface area (TPSA) is 36.0 Å². The Hall–Kier alpha value is -2.53. The van der Waals surface area contributed by atoms with Gasteiger partial charge in [-0.15, -0.1) is 0 Å². The predicted octanol–water partition coefficient (Wildman–Crippen LogP) is 3.22. The van der Waals surface area contributed by atoms with Crippen LogP contribution in [0, 0.1) is 0 Å². The molecule has 2 fully saturated rings. The molecule has 0 saturated carbocycles. The molecule has 2 aliphatic heterocycles. The van der Waals surface area contributed by atoms with Crippen LogP contribution in [0.15, 0.2) is 60.7 Å². The predicted molar refractivity (Wildman–Crippen MR) is 107 cm³/mol. The normalized spacial score (nSPS) is 20.7. The lowest BCUT2D eigenvalue weighted by Gasteiger charge is -2.36. The van der Waals surface area contributed by atoms with E-state index in [0.717, 1.165) is 44.7 Å². The summed E-state index contributed by atoms with van der Waals surface area (Å²) in [5.74, 6) is 0. The molecule has 4 rings (SSSR count). The minimum atomic E-state index is -0.183. The van der Waals surface area contributed by atoms with Gasteiger partial charge in [0.1, 0.15) is 6.10 Å². The summed E-state index contributed by atoms with van der Waals surface area (Å²) < 4.78 is 5.58. The summed E-state index contributed by atoms with van der Waals surface area (Å²) >= 11 is 0. The minimum Gasteiger partial charge on any atom is -0.444 e. The van der Waals surface area contributed by atoms with Crippen LogP contribution in [0.1, 0.15) is 12.0 Å². The molecule has 0 aliphatic carbocycles. The Morgan fingerprint density at radius 1 is 0.889 bits per heavy atom. The van der Waals surface area contributed by atoms with E-state index in [9.17, 15) is 4.79 Å². The fourth-order valence-corrected chi connectivity index (χ4v) is 3.85. The third kappa shape index (κ3) is 4.61. The molecule has 5 nitrogen and oxygen atoms in total. The smallest absolute Gasteiger partial charge is 0.410 e. The summed E-state index contributed by atoms with van der Waals surface area (Å²) in [4.78, 5) is 18.9. The number of carbonyl (C=O) groups excluding carboxylic acids is 1. The monoisotopic (exact) mass is 365 g/mol. The molecule has 0 radical (unpaired) electrons. The number of piperazine rings is 1. The molecular weight excluding hydrogens is 338 g/mol. The Morgan fingerprint density at radius 3 is 2.26 bits per heavy atom. The summed E-state index contributed by atoms with van der Waals surface area (Å²) in [6.45, 7) is 6.53. The van der Waals surface area contributed by atoms with Crippen LogP contribution in [0.2, 0.25) is 0 Å². The van der Waals surface area contributed by atoms with Gasteiger partial charge >= 0.3 is 6.09 Å². The van der Waals surface area contributed by atoms with Crippen molar-refractivity contribution in [3.8, 4) is 0 Å². The van der Waals surface area contributed by atoms with Crippen LogP contribution in [0.5, 0.6) is 0 Å². The zero-order valence-electron chi connectivity index (χ0n) is 15.7. The van der Waals surface area contributed by atoms with Crippen LogP contribution in [0.3, 0.4) is 0 Å². The maximum absolute atomic E-state index is 12.1. The maximum atomic E-state index is 12.1. The summed E-state index contributed by atoms with van der Waals surface area (Å²) in [6, 6.07) is 20.7. The Kier molecular flexibility index (Phi) is 5.58. The highest BCUT2D eigenvalue weighted by Crippen LogP contribution is 2.19. The molecule has 2 aliphatic rings. The Bertz CT molecular complexity index is 730. The number of nitrogens with zero attached hydrogens (tertiary/aromatic N) is 3. The second kappa shape index (κ2) is 8.44. The van der Waals surface area contributed by atoms with E-state index >= 15 is 0 Å². The first-order chi connectivity index (χ1) is 13.3. The number of ether oxygens (including phenoxy) is 1. The minimum absolute atomic E-state index is 0.00775. The third-order valence-electron chi connectivity index (χ3n) is 5.43. The SMILES string of the molecule is O=C1OC(CCN2CCN(c3ccccc3)CC2)CN1Cc1ccccc1. The molecule has 2 heterocycles. The zero-order valence-corrected chi connectivity index (χ0v) is 15.7. The van der Waals surface area contributed by atoms with Gasteiger partial charge in [0.2, 0.25) is 0 Å². The van der Waals surface area contributed by atoms with E-state index in [2.05, 4.69) is 40.1 Å². The van der Waals surface area contributed by atoms with Crippen LogP contribution in [-0.2, 0) is 11.3 Å². The van der Waals surface area contributed by atoms with Crippen molar-refractivity contribution >= 4 is 11.8 Å². The van der Waals surface area contributed by atoms with Gasteiger partial charge in [-0.3, -0.25) is 4.90 Å². The van der Waals surface area contributed by atoms with Crippen molar-refractivity contribution in [2.45, 2.75) is 19.1 Å². The van der Waals surface area contributed by atoms with Gasteiger partial charge in [0, 0.05) is 45.0 Å². The first-order valence-electron chi connectivity index (χ1n) is 9.80. The molecular formula is C22H27N3O2. The molecule has 0 spiro atoms. The molecule has 142 valence electrons. The van der Waals surface area contributed by atoms with Crippen LogP contribution >= 0.6 is 0 Å². The molecule has 0 aromatic heterocycles. The third-order valence-corrected chi connectivity index (χ3v) is 5.43. The van der Waals surface area contributed by atoms with Crippen LogP contribution < -0.4 is 4.90 Å². The highest BCUT2D eigenvalue weighted by Gasteiger charge is 2.31. The van der Waals surface area contributed by atoms with Gasteiger partial charge in [0.25, 0.3) is 0 Å². The fourth-order valence-electron chi connectivity index (χ4n) is 3.85. The Balaban J connectivity index is 1.20. The van der Waals surface area contributed by atoms with Crippen molar-refractivity contribution in [2.24, 2.45) is 0 Å². The van der Waals surface area contributed by atoms with Crippen molar-refractivity contribution < 1.29 is 9.53 Å². The Morgan fingerprint density at radius 2 is 1.56 bits per heavy atom. The van der Waals surface area contributed by atoms with Crippen LogP contribution in [0.4, 0.5) is 10.5 Å². The Labute approximate surface area is 161 Å². The maximum Gasteiger partial charge on any atom is 0.410 e. The molecule has 2 aromatic rings. The first kappa shape index (κ1) is 17.9. The number of anilines is 1. The number of hydrogen-bond acceptors (Lipinski definition) is 4. The quantitative estimate of drug-likeness (QED) is 0.788. The highest BCUT2D eigenvalue weighted by atomic mass is 16.6. The lowest BCUT2D eigenvalue weighted by Crippen LogP contribution is -2.47. The average molecular weight is 365 g/mol. The van der Waals surface area contributed by atoms with E-state index < -0.39 is 0 Å². The molecule has 1 atom stereocenters. The molecule has 2 aromatic carbocycles. The van der Waals surface area contributed by atoms with Crippen molar-refractivity contribution in [3.05, 3.63) is 66.2 Å². The van der Waals surface area contributed by atoms with E-state index in [1.807, 2.05) is 35.2 Å². The number of hydrogen-bond donors (Lipinski definition) is 0. The number of rotatable bonds is 6. The highest BCUT2D eigenvalue weighted by molar-refractivity contribution is 5.69. The van der Waals surface area contributed by atoms with E-state index in [1.54, 1.807) is 0 Å². The molecule has 1 amide bonds. The number of para-hydroxylation sites is 1.